The van der Waals surface area contributed by atoms with Gasteiger partial charge >= 0.3 is 17.8 Å². The van der Waals surface area contributed by atoms with E-state index in [1.807, 2.05) is 0 Å². The second-order valence-corrected chi connectivity index (χ2v) is 11.9. The summed E-state index contributed by atoms with van der Waals surface area (Å²) >= 11 is 15.7. The van der Waals surface area contributed by atoms with Crippen LogP contribution in [0.5, 0.6) is 0 Å². The average Bonchev–Trinajstić information content (AvgIpc) is 1.99. The zero-order valence-electron chi connectivity index (χ0n) is 6.65. The lowest BCUT2D eigenvalue weighted by atomic mass is 10.1. The van der Waals surface area contributed by atoms with Crippen molar-refractivity contribution >= 4 is 39.2 Å². The number of hydrogen-bond donors (Lipinski definition) is 0. The normalized spacial score (nSPS) is 14.6. The number of hydrogen-bond acceptors (Lipinski definition) is 0. The molecule has 0 saturated carbocycles. The van der Waals surface area contributed by atoms with Crippen molar-refractivity contribution in [3.63, 3.8) is 0 Å². The van der Waals surface area contributed by atoms with Gasteiger partial charge in [-0.15, -0.1) is 33.2 Å². The van der Waals surface area contributed by atoms with Gasteiger partial charge in [0.15, 0.2) is 6.67 Å². The van der Waals surface area contributed by atoms with Gasteiger partial charge in [-0.1, -0.05) is 0 Å². The molecule has 0 aliphatic carbocycles. The summed E-state index contributed by atoms with van der Waals surface area (Å²) in [4.78, 5) is 0. The molecule has 0 heterocycles. The minimum atomic E-state index is -4.70. The highest BCUT2D eigenvalue weighted by molar-refractivity contribution is 7.64. The third kappa shape index (κ3) is 4.50. The molecule has 0 bridgehead atoms. The minimum Gasteiger partial charge on any atom is -0.244 e. The van der Waals surface area contributed by atoms with E-state index in [-0.39, 0.29) is 0 Å². The van der Waals surface area contributed by atoms with Crippen molar-refractivity contribution < 1.29 is 22.0 Å². The smallest absolute Gasteiger partial charge is 0.244 e. The van der Waals surface area contributed by atoms with E-state index in [0.717, 1.165) is 0 Å². The van der Waals surface area contributed by atoms with Gasteiger partial charge in [0, 0.05) is 6.42 Å². The summed E-state index contributed by atoms with van der Waals surface area (Å²) in [5, 5.41) is 0. The van der Waals surface area contributed by atoms with E-state index in [4.69, 9.17) is 33.2 Å². The fourth-order valence-electron chi connectivity index (χ4n) is 0.579. The standard InChI is InChI=1S/C5H6Cl3F5Si/c6-14(7,8)2-1-4(10,11)5(12,13)3-9/h1-3H2. The summed E-state index contributed by atoms with van der Waals surface area (Å²) in [7, 11) is 0. The molecule has 0 aliphatic rings. The Morgan fingerprint density at radius 1 is 0.929 bits per heavy atom. The Hall–Kier alpha value is 0.737. The summed E-state index contributed by atoms with van der Waals surface area (Å²) in [6, 6.07) is -4.02. The predicted octanol–water partition coefficient (Wildman–Crippen LogP) is 4.27. The number of rotatable bonds is 5. The van der Waals surface area contributed by atoms with Gasteiger partial charge < -0.3 is 0 Å². The van der Waals surface area contributed by atoms with E-state index in [0.29, 0.717) is 0 Å². The lowest BCUT2D eigenvalue weighted by Gasteiger charge is -2.24. The Bertz CT molecular complexity index is 192. The minimum absolute atomic E-state index is 0.639. The van der Waals surface area contributed by atoms with Crippen LogP contribution < -0.4 is 0 Å². The summed E-state index contributed by atoms with van der Waals surface area (Å²) in [6.07, 6.45) is -1.33. The van der Waals surface area contributed by atoms with Crippen molar-refractivity contribution in [1.82, 2.24) is 0 Å². The Labute approximate surface area is 92.4 Å². The molecule has 0 N–H and O–H groups in total. The van der Waals surface area contributed by atoms with E-state index >= 15 is 0 Å². The lowest BCUT2D eigenvalue weighted by Crippen LogP contribution is -2.43. The maximum Gasteiger partial charge on any atom is 0.341 e. The molecule has 0 nitrogen and oxygen atoms in total. The largest absolute Gasteiger partial charge is 0.341 e. The third-order valence-corrected chi connectivity index (χ3v) is 3.94. The molecule has 0 amide bonds. The molecule has 0 aromatic rings. The van der Waals surface area contributed by atoms with Crippen molar-refractivity contribution in [2.24, 2.45) is 0 Å². The maximum absolute atomic E-state index is 12.6. The molecule has 0 saturated heterocycles. The molecular weight excluding hydrogens is 289 g/mol. The van der Waals surface area contributed by atoms with Crippen LogP contribution in [-0.2, 0) is 0 Å². The number of halogens is 8. The summed E-state index contributed by atoms with van der Waals surface area (Å²) in [5.74, 6) is -9.17. The van der Waals surface area contributed by atoms with Crippen molar-refractivity contribution in [3.05, 3.63) is 0 Å². The Balaban J connectivity index is 4.35. The van der Waals surface area contributed by atoms with Gasteiger partial charge in [0.2, 0.25) is 0 Å². The SMILES string of the molecule is FCC(F)(F)C(F)(F)CC[Si](Cl)(Cl)Cl. The zero-order valence-corrected chi connectivity index (χ0v) is 9.91. The van der Waals surface area contributed by atoms with Gasteiger partial charge in [-0.3, -0.25) is 0 Å². The molecule has 0 radical (unpaired) electrons. The summed E-state index contributed by atoms with van der Waals surface area (Å²) < 4.78 is 61.3. The van der Waals surface area contributed by atoms with Crippen molar-refractivity contribution in [3.8, 4) is 0 Å². The van der Waals surface area contributed by atoms with Crippen LogP contribution in [0.3, 0.4) is 0 Å². The Morgan fingerprint density at radius 3 is 1.64 bits per heavy atom. The molecule has 0 spiro atoms. The van der Waals surface area contributed by atoms with Crippen molar-refractivity contribution in [2.75, 3.05) is 6.67 Å². The molecule has 9 heteroatoms. The highest BCUT2D eigenvalue weighted by Gasteiger charge is 2.56. The second kappa shape index (κ2) is 4.72. The van der Waals surface area contributed by atoms with E-state index in [1.54, 1.807) is 0 Å². The van der Waals surface area contributed by atoms with Gasteiger partial charge in [-0.2, -0.15) is 17.6 Å². The van der Waals surface area contributed by atoms with Gasteiger partial charge in [-0.05, 0) is 6.04 Å². The van der Waals surface area contributed by atoms with Crippen LogP contribution in [0.1, 0.15) is 6.42 Å². The molecule has 0 fully saturated rings. The second-order valence-electron chi connectivity index (χ2n) is 2.66. The first-order valence-corrected chi connectivity index (χ1v) is 8.64. The van der Waals surface area contributed by atoms with Crippen LogP contribution in [0, 0.1) is 0 Å². The van der Waals surface area contributed by atoms with Crippen molar-refractivity contribution in [2.45, 2.75) is 24.3 Å². The monoisotopic (exact) mass is 294 g/mol. The predicted molar refractivity (Wildman–Crippen MR) is 48.6 cm³/mol. The molecule has 0 rings (SSSR count). The number of alkyl halides is 5. The van der Waals surface area contributed by atoms with Crippen LogP contribution in [0.4, 0.5) is 22.0 Å². The van der Waals surface area contributed by atoms with Crippen LogP contribution in [0.25, 0.3) is 0 Å². The van der Waals surface area contributed by atoms with Gasteiger partial charge in [0.25, 0.3) is 0 Å². The first-order chi connectivity index (χ1) is 6.02. The first kappa shape index (κ1) is 14.7. The maximum atomic E-state index is 12.6. The molecule has 0 aliphatic heterocycles. The van der Waals surface area contributed by atoms with Crippen LogP contribution in [0.15, 0.2) is 0 Å². The van der Waals surface area contributed by atoms with Gasteiger partial charge in [0.1, 0.15) is 0 Å². The fraction of sp³-hybridized carbons (Fsp3) is 1.00. The van der Waals surface area contributed by atoms with Gasteiger partial charge in [-0.25, -0.2) is 4.39 Å². The Kier molecular flexibility index (Phi) is 4.96. The van der Waals surface area contributed by atoms with E-state index in [9.17, 15) is 22.0 Å². The average molecular weight is 296 g/mol. The molecule has 86 valence electrons. The van der Waals surface area contributed by atoms with Crippen molar-refractivity contribution in [1.29, 1.82) is 0 Å². The highest BCUT2D eigenvalue weighted by Crippen LogP contribution is 2.41. The van der Waals surface area contributed by atoms with Gasteiger partial charge in [0.05, 0.1) is 0 Å². The molecule has 0 aromatic carbocycles. The topological polar surface area (TPSA) is 0 Å². The lowest BCUT2D eigenvalue weighted by molar-refractivity contribution is -0.216. The molecule has 0 atom stereocenters. The van der Waals surface area contributed by atoms with E-state index < -0.39 is 37.0 Å². The van der Waals surface area contributed by atoms with E-state index in [1.165, 1.54) is 0 Å². The Morgan fingerprint density at radius 2 is 1.36 bits per heavy atom. The quantitative estimate of drug-likeness (QED) is 0.404. The first-order valence-electron chi connectivity index (χ1n) is 3.40. The summed E-state index contributed by atoms with van der Waals surface area (Å²) in [5.41, 5.74) is 0. The van der Waals surface area contributed by atoms with Crippen LogP contribution in [-0.4, -0.2) is 24.5 Å². The molecule has 0 aromatic heterocycles. The highest BCUT2D eigenvalue weighted by atomic mass is 35.8. The molecule has 0 unspecified atom stereocenters. The third-order valence-electron chi connectivity index (χ3n) is 1.43. The fourth-order valence-corrected chi connectivity index (χ4v) is 2.03. The van der Waals surface area contributed by atoms with Crippen LogP contribution >= 0.6 is 33.2 Å². The van der Waals surface area contributed by atoms with E-state index in [2.05, 4.69) is 0 Å². The summed E-state index contributed by atoms with van der Waals surface area (Å²) in [6.45, 7) is -2.43. The van der Waals surface area contributed by atoms with Crippen LogP contribution in [0.2, 0.25) is 6.04 Å². The molecule has 14 heavy (non-hydrogen) atoms. The molecular formula is C5H6Cl3F5Si. The zero-order chi connectivity index (χ0) is 11.6.